The van der Waals surface area contributed by atoms with Crippen LogP contribution in [0.2, 0.25) is 0 Å². The second kappa shape index (κ2) is 10.5. The normalized spacial score (nSPS) is 17.3. The van der Waals surface area contributed by atoms with Crippen LogP contribution in [0.1, 0.15) is 36.0 Å². The van der Waals surface area contributed by atoms with E-state index in [2.05, 4.69) is 21.4 Å². The van der Waals surface area contributed by atoms with Gasteiger partial charge in [0.2, 0.25) is 0 Å². The summed E-state index contributed by atoms with van der Waals surface area (Å²) in [4.78, 5) is 20.7. The molecule has 3 N–H and O–H groups in total. The van der Waals surface area contributed by atoms with E-state index in [4.69, 9.17) is 4.74 Å². The van der Waals surface area contributed by atoms with Gasteiger partial charge in [0.15, 0.2) is 0 Å². The molecule has 0 bridgehead atoms. The molecule has 1 saturated carbocycles. The maximum absolute atomic E-state index is 12.8. The van der Waals surface area contributed by atoms with Crippen molar-refractivity contribution in [2.75, 3.05) is 0 Å². The first kappa shape index (κ1) is 23.9. The number of hydrogen-bond acceptors (Lipinski definition) is 4. The Morgan fingerprint density at radius 1 is 0.868 bits per heavy atom. The van der Waals surface area contributed by atoms with Gasteiger partial charge in [0, 0.05) is 46.1 Å². The van der Waals surface area contributed by atoms with Crippen LogP contribution in [0.25, 0.3) is 33.3 Å². The minimum Gasteiger partial charge on any atom is -0.457 e. The highest BCUT2D eigenvalue weighted by atomic mass is 16.5. The summed E-state index contributed by atoms with van der Waals surface area (Å²) in [5.74, 6) is 1.47. The van der Waals surface area contributed by atoms with Gasteiger partial charge in [-0.05, 0) is 67.6 Å². The number of carbonyl (C=O) groups is 1. The first-order valence-corrected chi connectivity index (χ1v) is 13.0. The van der Waals surface area contributed by atoms with Crippen molar-refractivity contribution in [3.8, 4) is 33.8 Å². The highest BCUT2D eigenvalue weighted by Gasteiger charge is 2.21. The number of pyridine rings is 1. The predicted molar refractivity (Wildman–Crippen MR) is 149 cm³/mol. The number of carbonyl (C=O) groups excluding carboxylic acids is 1. The van der Waals surface area contributed by atoms with Gasteiger partial charge >= 0.3 is 0 Å². The third kappa shape index (κ3) is 5.04. The van der Waals surface area contributed by atoms with Gasteiger partial charge in [-0.25, -0.2) is 4.98 Å². The summed E-state index contributed by atoms with van der Waals surface area (Å²) in [6, 6.07) is 27.6. The highest BCUT2D eigenvalue weighted by Crippen LogP contribution is 2.36. The van der Waals surface area contributed by atoms with Gasteiger partial charge in [-0.3, -0.25) is 4.79 Å². The molecule has 0 radical (unpaired) electrons. The van der Waals surface area contributed by atoms with E-state index in [-0.39, 0.29) is 18.1 Å². The molecule has 1 aliphatic carbocycles. The molecule has 0 aliphatic heterocycles. The second-order valence-corrected chi connectivity index (χ2v) is 9.79. The predicted octanol–water partition coefficient (Wildman–Crippen LogP) is 6.72. The van der Waals surface area contributed by atoms with Gasteiger partial charge in [-0.2, -0.15) is 0 Å². The van der Waals surface area contributed by atoms with E-state index in [1.165, 1.54) is 0 Å². The number of nitrogens with zero attached hydrogens (tertiary/aromatic N) is 1. The minimum atomic E-state index is -0.238. The van der Waals surface area contributed by atoms with E-state index in [1.807, 2.05) is 91.3 Å². The lowest BCUT2D eigenvalue weighted by atomic mass is 9.93. The number of amides is 1. The van der Waals surface area contributed by atoms with Crippen LogP contribution >= 0.6 is 0 Å². The van der Waals surface area contributed by atoms with Gasteiger partial charge in [0.25, 0.3) is 5.91 Å². The number of aliphatic hydroxyl groups is 1. The fraction of sp³-hybridized carbons (Fsp3) is 0.188. The Labute approximate surface area is 221 Å². The lowest BCUT2D eigenvalue weighted by Gasteiger charge is -2.26. The SMILES string of the molecule is O=C(N[C@H]1CC[C@H](O)CC1)c1ccc(-c2c[nH]c3ncc(-c4ccccc4Oc4ccccc4)cc23)cc1. The molecule has 0 atom stereocenters. The first-order valence-electron chi connectivity index (χ1n) is 13.0. The third-order valence-electron chi connectivity index (χ3n) is 7.19. The molecule has 38 heavy (non-hydrogen) atoms. The van der Waals surface area contributed by atoms with Crippen molar-refractivity contribution in [2.45, 2.75) is 37.8 Å². The van der Waals surface area contributed by atoms with Crippen molar-refractivity contribution in [1.29, 1.82) is 0 Å². The van der Waals surface area contributed by atoms with Crippen molar-refractivity contribution >= 4 is 16.9 Å². The molecule has 0 saturated heterocycles. The fourth-order valence-electron chi connectivity index (χ4n) is 5.09. The Bertz CT molecular complexity index is 1550. The number of H-pyrrole nitrogens is 1. The van der Waals surface area contributed by atoms with Gasteiger partial charge in [0.1, 0.15) is 17.1 Å². The molecule has 2 heterocycles. The van der Waals surface area contributed by atoms with E-state index in [0.717, 1.165) is 70.5 Å². The molecule has 1 fully saturated rings. The molecule has 1 amide bonds. The zero-order valence-corrected chi connectivity index (χ0v) is 20.9. The van der Waals surface area contributed by atoms with Gasteiger partial charge in [-0.15, -0.1) is 0 Å². The van der Waals surface area contributed by atoms with Crippen molar-refractivity contribution in [3.63, 3.8) is 0 Å². The van der Waals surface area contributed by atoms with Crippen molar-refractivity contribution < 1.29 is 14.6 Å². The number of aromatic nitrogens is 2. The minimum absolute atomic E-state index is 0.0733. The number of aliphatic hydroxyl groups excluding tert-OH is 1. The van der Waals surface area contributed by atoms with Crippen molar-refractivity contribution in [3.05, 3.63) is 103 Å². The number of nitrogens with one attached hydrogen (secondary N) is 2. The molecule has 0 unspecified atom stereocenters. The number of ether oxygens (including phenoxy) is 1. The molecular weight excluding hydrogens is 474 g/mol. The monoisotopic (exact) mass is 503 g/mol. The number of hydrogen-bond donors (Lipinski definition) is 3. The maximum Gasteiger partial charge on any atom is 0.251 e. The summed E-state index contributed by atoms with van der Waals surface area (Å²) in [7, 11) is 0. The van der Waals surface area contributed by atoms with Crippen molar-refractivity contribution in [1.82, 2.24) is 15.3 Å². The number of rotatable bonds is 6. The molecule has 190 valence electrons. The third-order valence-corrected chi connectivity index (χ3v) is 7.19. The van der Waals surface area contributed by atoms with Crippen LogP contribution in [-0.2, 0) is 0 Å². The average molecular weight is 504 g/mol. The van der Waals surface area contributed by atoms with E-state index in [1.54, 1.807) is 0 Å². The van der Waals surface area contributed by atoms with Crippen LogP contribution < -0.4 is 10.1 Å². The summed E-state index contributed by atoms with van der Waals surface area (Å²) in [5, 5.41) is 13.8. The van der Waals surface area contributed by atoms with E-state index in [0.29, 0.717) is 5.56 Å². The Balaban J connectivity index is 1.25. The Morgan fingerprint density at radius 3 is 2.39 bits per heavy atom. The molecule has 0 spiro atoms. The fourth-order valence-corrected chi connectivity index (χ4v) is 5.09. The highest BCUT2D eigenvalue weighted by molar-refractivity contribution is 5.98. The Morgan fingerprint density at radius 2 is 1.61 bits per heavy atom. The molecule has 6 heteroatoms. The van der Waals surface area contributed by atoms with Crippen LogP contribution in [0, 0.1) is 0 Å². The standard InChI is InChI=1S/C32H29N3O3/c36-25-16-14-24(15-17-25)35-32(37)22-12-10-21(11-13-22)29-20-34-31-28(29)18-23(19-33-31)27-8-4-5-9-30(27)38-26-6-2-1-3-7-26/h1-13,18-20,24-25,36H,14-17H2,(H,33,34)(H,35,37)/t24-,25-. The molecule has 3 aromatic carbocycles. The number of fused-ring (bicyclic) bond motifs is 1. The molecule has 2 aromatic heterocycles. The Kier molecular flexibility index (Phi) is 6.63. The summed E-state index contributed by atoms with van der Waals surface area (Å²) in [6.07, 6.45) is 6.68. The van der Waals surface area contributed by atoms with Crippen LogP contribution in [0.4, 0.5) is 0 Å². The van der Waals surface area contributed by atoms with Gasteiger partial charge in [-0.1, -0.05) is 48.5 Å². The Hall–Kier alpha value is -4.42. The van der Waals surface area contributed by atoms with E-state index >= 15 is 0 Å². The quantitative estimate of drug-likeness (QED) is 0.240. The molecule has 1 aliphatic rings. The van der Waals surface area contributed by atoms with Crippen molar-refractivity contribution in [2.24, 2.45) is 0 Å². The molecule has 6 rings (SSSR count). The zero-order chi connectivity index (χ0) is 25.9. The summed E-state index contributed by atoms with van der Waals surface area (Å²) >= 11 is 0. The second-order valence-electron chi connectivity index (χ2n) is 9.79. The summed E-state index contributed by atoms with van der Waals surface area (Å²) < 4.78 is 6.18. The lowest BCUT2D eigenvalue weighted by Crippen LogP contribution is -2.38. The average Bonchev–Trinajstić information content (AvgIpc) is 3.38. The first-order chi connectivity index (χ1) is 18.6. The van der Waals surface area contributed by atoms with Crippen LogP contribution in [0.5, 0.6) is 11.5 Å². The lowest BCUT2D eigenvalue weighted by molar-refractivity contribution is 0.0867. The molecule has 6 nitrogen and oxygen atoms in total. The van der Waals surface area contributed by atoms with E-state index < -0.39 is 0 Å². The topological polar surface area (TPSA) is 87.2 Å². The largest absolute Gasteiger partial charge is 0.457 e. The number of aromatic amines is 1. The number of para-hydroxylation sites is 2. The van der Waals surface area contributed by atoms with Gasteiger partial charge < -0.3 is 20.1 Å². The smallest absolute Gasteiger partial charge is 0.251 e. The molecular formula is C32H29N3O3. The van der Waals surface area contributed by atoms with Crippen LogP contribution in [-0.4, -0.2) is 33.1 Å². The maximum atomic E-state index is 12.8. The number of benzene rings is 3. The molecule has 5 aromatic rings. The zero-order valence-electron chi connectivity index (χ0n) is 20.9. The van der Waals surface area contributed by atoms with E-state index in [9.17, 15) is 9.90 Å². The van der Waals surface area contributed by atoms with Crippen LogP contribution in [0.15, 0.2) is 97.3 Å². The summed E-state index contributed by atoms with van der Waals surface area (Å²) in [5.41, 5.74) is 5.36. The summed E-state index contributed by atoms with van der Waals surface area (Å²) in [6.45, 7) is 0. The van der Waals surface area contributed by atoms with Gasteiger partial charge in [0.05, 0.1) is 6.10 Å². The van der Waals surface area contributed by atoms with Crippen LogP contribution in [0.3, 0.4) is 0 Å².